The van der Waals surface area contributed by atoms with Crippen LogP contribution in [0.2, 0.25) is 12.6 Å². The molecule has 96 valence electrons. The van der Waals surface area contributed by atoms with Crippen LogP contribution in [0, 0.1) is 5.92 Å². The van der Waals surface area contributed by atoms with Gasteiger partial charge in [-0.3, -0.25) is 4.99 Å². The normalized spacial score (nSPS) is 12.9. The van der Waals surface area contributed by atoms with Crippen LogP contribution in [0.3, 0.4) is 0 Å². The summed E-state index contributed by atoms with van der Waals surface area (Å²) in [6, 6.07) is 1.03. The van der Waals surface area contributed by atoms with Gasteiger partial charge in [0.25, 0.3) is 0 Å². The van der Waals surface area contributed by atoms with Gasteiger partial charge in [-0.05, 0) is 38.8 Å². The number of aliphatic imine (C=N–C) groups is 1. The van der Waals surface area contributed by atoms with Gasteiger partial charge in [-0.15, -0.1) is 0 Å². The Balaban J connectivity index is 3.84. The monoisotopic (exact) mass is 245 g/mol. The third-order valence-corrected chi connectivity index (χ3v) is 5.28. The minimum absolute atomic E-state index is 0.544. The van der Waals surface area contributed by atoms with Crippen molar-refractivity contribution in [3.8, 4) is 0 Å². The minimum atomic E-state index is -1.90. The van der Waals surface area contributed by atoms with Gasteiger partial charge in [-0.2, -0.15) is 0 Å². The lowest BCUT2D eigenvalue weighted by Gasteiger charge is -2.25. The third kappa shape index (κ3) is 8.02. The van der Waals surface area contributed by atoms with Crippen molar-refractivity contribution in [2.45, 2.75) is 46.7 Å². The van der Waals surface area contributed by atoms with E-state index in [9.17, 15) is 0 Å². The second-order valence-corrected chi connectivity index (χ2v) is 7.75. The lowest BCUT2D eigenvalue weighted by molar-refractivity contribution is 0.188. The topological polar surface area (TPSA) is 30.8 Å². The first kappa shape index (κ1) is 15.8. The first-order valence-corrected chi connectivity index (χ1v) is 8.84. The predicted octanol–water partition coefficient (Wildman–Crippen LogP) is 3.25. The van der Waals surface area contributed by atoms with Gasteiger partial charge in [0, 0.05) is 26.0 Å². The quantitative estimate of drug-likeness (QED) is 0.355. The zero-order valence-corrected chi connectivity index (χ0v) is 12.5. The summed E-state index contributed by atoms with van der Waals surface area (Å²) in [6.07, 6.45) is 3.08. The summed E-state index contributed by atoms with van der Waals surface area (Å²) in [7, 11) is -1.90. The van der Waals surface area contributed by atoms with Crippen molar-refractivity contribution < 1.29 is 8.85 Å². The maximum Gasteiger partial charge on any atom is 0.334 e. The molecule has 0 rings (SSSR count). The van der Waals surface area contributed by atoms with Crippen LogP contribution in [0.5, 0.6) is 0 Å². The summed E-state index contributed by atoms with van der Waals surface area (Å²) >= 11 is 0. The highest BCUT2D eigenvalue weighted by Gasteiger charge is 2.29. The summed E-state index contributed by atoms with van der Waals surface area (Å²) in [4.78, 5) is 4.38. The van der Waals surface area contributed by atoms with Crippen molar-refractivity contribution in [2.75, 3.05) is 19.8 Å². The summed E-state index contributed by atoms with van der Waals surface area (Å²) < 4.78 is 11.5. The minimum Gasteiger partial charge on any atom is -0.395 e. The van der Waals surface area contributed by atoms with Gasteiger partial charge >= 0.3 is 8.56 Å². The molecule has 4 heteroatoms. The van der Waals surface area contributed by atoms with Crippen molar-refractivity contribution in [2.24, 2.45) is 10.9 Å². The molecule has 0 aliphatic carbocycles. The van der Waals surface area contributed by atoms with E-state index >= 15 is 0 Å². The Morgan fingerprint density at radius 1 is 1.19 bits per heavy atom. The Morgan fingerprint density at radius 2 is 1.75 bits per heavy atom. The van der Waals surface area contributed by atoms with Crippen LogP contribution in [0.1, 0.15) is 34.1 Å². The molecule has 0 radical (unpaired) electrons. The van der Waals surface area contributed by atoms with Crippen LogP contribution in [-0.2, 0) is 8.85 Å². The van der Waals surface area contributed by atoms with Gasteiger partial charge in [0.2, 0.25) is 0 Å². The maximum absolute atomic E-state index is 5.76. The number of hydrogen-bond acceptors (Lipinski definition) is 3. The van der Waals surface area contributed by atoms with Crippen molar-refractivity contribution >= 4 is 14.8 Å². The SMILES string of the molecule is CCO[Si](C)(CCCN=CC(C)C)OCC. The molecule has 0 heterocycles. The number of hydrogen-bond donors (Lipinski definition) is 0. The van der Waals surface area contributed by atoms with Crippen LogP contribution in [0.4, 0.5) is 0 Å². The Bertz CT molecular complexity index is 189. The molecule has 0 aliphatic rings. The van der Waals surface area contributed by atoms with Gasteiger partial charge in [-0.1, -0.05) is 13.8 Å². The maximum atomic E-state index is 5.76. The molecule has 0 spiro atoms. The number of nitrogens with zero attached hydrogens (tertiary/aromatic N) is 1. The van der Waals surface area contributed by atoms with Crippen LogP contribution < -0.4 is 0 Å². The number of rotatable bonds is 9. The first-order valence-electron chi connectivity index (χ1n) is 6.32. The highest BCUT2D eigenvalue weighted by Crippen LogP contribution is 2.15. The van der Waals surface area contributed by atoms with Crippen molar-refractivity contribution in [1.82, 2.24) is 0 Å². The van der Waals surface area contributed by atoms with E-state index in [1.807, 2.05) is 20.1 Å². The Morgan fingerprint density at radius 3 is 2.19 bits per heavy atom. The van der Waals surface area contributed by atoms with Crippen molar-refractivity contribution in [3.63, 3.8) is 0 Å². The van der Waals surface area contributed by atoms with Crippen molar-refractivity contribution in [1.29, 1.82) is 0 Å². The molecule has 0 fully saturated rings. The highest BCUT2D eigenvalue weighted by molar-refractivity contribution is 6.66. The fourth-order valence-electron chi connectivity index (χ4n) is 1.57. The van der Waals surface area contributed by atoms with Gasteiger partial charge in [0.15, 0.2) is 0 Å². The zero-order chi connectivity index (χ0) is 12.4. The van der Waals surface area contributed by atoms with E-state index in [2.05, 4.69) is 25.4 Å². The predicted molar refractivity (Wildman–Crippen MR) is 72.5 cm³/mol. The van der Waals surface area contributed by atoms with E-state index in [0.717, 1.165) is 32.2 Å². The third-order valence-electron chi connectivity index (χ3n) is 2.22. The molecular formula is C12H27NO2Si. The van der Waals surface area contributed by atoms with Crippen molar-refractivity contribution in [3.05, 3.63) is 0 Å². The molecular weight excluding hydrogens is 218 g/mol. The average molecular weight is 245 g/mol. The molecule has 0 saturated carbocycles. The standard InChI is InChI=1S/C12H27NO2Si/c1-6-14-16(5,15-7-2)10-8-9-13-11-12(3)4/h11-12H,6-10H2,1-5H3. The van der Waals surface area contributed by atoms with Gasteiger partial charge < -0.3 is 8.85 Å². The van der Waals surface area contributed by atoms with Gasteiger partial charge in [0.05, 0.1) is 0 Å². The Hall–Kier alpha value is -0.193. The van der Waals surface area contributed by atoms with Crippen LogP contribution in [0.25, 0.3) is 0 Å². The molecule has 0 N–H and O–H groups in total. The molecule has 0 aromatic carbocycles. The largest absolute Gasteiger partial charge is 0.395 e. The fraction of sp³-hybridized carbons (Fsp3) is 0.917. The van der Waals surface area contributed by atoms with Crippen LogP contribution in [-0.4, -0.2) is 34.5 Å². The molecule has 3 nitrogen and oxygen atoms in total. The highest BCUT2D eigenvalue weighted by atomic mass is 28.4. The molecule has 0 aromatic rings. The molecule has 0 atom stereocenters. The van der Waals surface area contributed by atoms with E-state index < -0.39 is 8.56 Å². The smallest absolute Gasteiger partial charge is 0.334 e. The summed E-state index contributed by atoms with van der Waals surface area (Å²) in [5, 5.41) is 0. The second-order valence-electron chi connectivity index (χ2n) is 4.40. The summed E-state index contributed by atoms with van der Waals surface area (Å²) in [5.41, 5.74) is 0. The van der Waals surface area contributed by atoms with Crippen LogP contribution >= 0.6 is 0 Å². The summed E-state index contributed by atoms with van der Waals surface area (Å²) in [6.45, 7) is 12.9. The van der Waals surface area contributed by atoms with E-state index in [4.69, 9.17) is 8.85 Å². The lowest BCUT2D eigenvalue weighted by atomic mass is 10.2. The van der Waals surface area contributed by atoms with E-state index in [-0.39, 0.29) is 0 Å². The molecule has 0 amide bonds. The molecule has 0 unspecified atom stereocenters. The average Bonchev–Trinajstić information content (AvgIpc) is 2.17. The first-order chi connectivity index (χ1) is 7.54. The van der Waals surface area contributed by atoms with E-state index in [1.54, 1.807) is 0 Å². The molecule has 0 bridgehead atoms. The molecule has 16 heavy (non-hydrogen) atoms. The zero-order valence-electron chi connectivity index (χ0n) is 11.5. The fourth-order valence-corrected chi connectivity index (χ4v) is 3.97. The van der Waals surface area contributed by atoms with Crippen LogP contribution in [0.15, 0.2) is 4.99 Å². The lowest BCUT2D eigenvalue weighted by Crippen LogP contribution is -2.38. The summed E-state index contributed by atoms with van der Waals surface area (Å²) in [5.74, 6) is 0.544. The molecule has 0 saturated heterocycles. The van der Waals surface area contributed by atoms with E-state index in [1.165, 1.54) is 0 Å². The van der Waals surface area contributed by atoms with Gasteiger partial charge in [0.1, 0.15) is 0 Å². The Kier molecular flexibility index (Phi) is 8.79. The Labute approximate surface area is 102 Å². The van der Waals surface area contributed by atoms with Gasteiger partial charge in [-0.25, -0.2) is 0 Å². The second kappa shape index (κ2) is 8.90. The molecule has 0 aromatic heterocycles. The van der Waals surface area contributed by atoms with E-state index in [0.29, 0.717) is 5.92 Å². The molecule has 0 aliphatic heterocycles.